The maximum Gasteiger partial charge on any atom is 0.151 e. The average molecular weight is 320 g/mol. The number of nitrogens with two attached hydrogens (primary N) is 1. The zero-order valence-corrected chi connectivity index (χ0v) is 12.8. The molecule has 2 aromatic carbocycles. The van der Waals surface area contributed by atoms with Crippen LogP contribution in [0.2, 0.25) is 0 Å². The van der Waals surface area contributed by atoms with Crippen LogP contribution in [0.5, 0.6) is 11.5 Å². The van der Waals surface area contributed by atoms with Crippen LogP contribution in [-0.4, -0.2) is 0 Å². The highest BCUT2D eigenvalue weighted by Crippen LogP contribution is 2.35. The van der Waals surface area contributed by atoms with Crippen molar-refractivity contribution >= 4 is 21.6 Å². The normalized spacial score (nSPS) is 12.2. The minimum atomic E-state index is 0.463. The minimum Gasteiger partial charge on any atom is -0.455 e. The fourth-order valence-electron chi connectivity index (χ4n) is 1.92. The molecule has 0 heterocycles. The number of nitrogen functional groups attached to an aromatic ring is 1. The molecular weight excluding hydrogens is 302 g/mol. The quantitative estimate of drug-likeness (QED) is 0.772. The van der Waals surface area contributed by atoms with E-state index in [1.54, 1.807) is 0 Å². The largest absolute Gasteiger partial charge is 0.455 e. The summed E-state index contributed by atoms with van der Waals surface area (Å²) >= 11 is 3.44. The van der Waals surface area contributed by atoms with Gasteiger partial charge in [0.15, 0.2) is 5.75 Å². The predicted octanol–water partition coefficient (Wildman–Crippen LogP) is 5.34. The Morgan fingerprint density at radius 2 is 1.89 bits per heavy atom. The van der Waals surface area contributed by atoms with E-state index in [0.717, 1.165) is 16.6 Å². The van der Waals surface area contributed by atoms with Crippen molar-refractivity contribution in [3.63, 3.8) is 0 Å². The summed E-state index contributed by atoms with van der Waals surface area (Å²) in [6.07, 6.45) is 1.08. The minimum absolute atomic E-state index is 0.463. The summed E-state index contributed by atoms with van der Waals surface area (Å²) in [7, 11) is 0. The standard InChI is InChI=1S/C16H18BrNO/c1-3-11(2)13-6-4-5-7-15(13)19-16-10-12(17)8-9-14(16)18/h4-11H,3,18H2,1-2H3. The molecule has 0 bridgehead atoms. The van der Waals surface area contributed by atoms with E-state index in [4.69, 9.17) is 10.5 Å². The van der Waals surface area contributed by atoms with Crippen LogP contribution in [0, 0.1) is 0 Å². The van der Waals surface area contributed by atoms with Gasteiger partial charge in [0, 0.05) is 4.47 Å². The molecule has 19 heavy (non-hydrogen) atoms. The summed E-state index contributed by atoms with van der Waals surface area (Å²) in [6, 6.07) is 13.8. The van der Waals surface area contributed by atoms with Crippen molar-refractivity contribution in [2.24, 2.45) is 0 Å². The van der Waals surface area contributed by atoms with Crippen LogP contribution in [0.25, 0.3) is 0 Å². The summed E-state index contributed by atoms with van der Waals surface area (Å²) in [5.41, 5.74) is 7.80. The molecule has 0 amide bonds. The van der Waals surface area contributed by atoms with E-state index in [1.165, 1.54) is 5.56 Å². The van der Waals surface area contributed by atoms with Crippen molar-refractivity contribution in [3.05, 3.63) is 52.5 Å². The van der Waals surface area contributed by atoms with Gasteiger partial charge in [0.25, 0.3) is 0 Å². The van der Waals surface area contributed by atoms with E-state index in [2.05, 4.69) is 35.8 Å². The van der Waals surface area contributed by atoms with Crippen LogP contribution in [0.15, 0.2) is 46.9 Å². The van der Waals surface area contributed by atoms with E-state index in [1.807, 2.05) is 36.4 Å². The van der Waals surface area contributed by atoms with Gasteiger partial charge >= 0.3 is 0 Å². The number of anilines is 1. The summed E-state index contributed by atoms with van der Waals surface area (Å²) < 4.78 is 6.95. The van der Waals surface area contributed by atoms with Gasteiger partial charge in [0.2, 0.25) is 0 Å². The van der Waals surface area contributed by atoms with Crippen molar-refractivity contribution < 1.29 is 4.74 Å². The molecule has 0 aliphatic carbocycles. The molecule has 0 aliphatic rings. The van der Waals surface area contributed by atoms with Crippen LogP contribution in [0.3, 0.4) is 0 Å². The highest BCUT2D eigenvalue weighted by Gasteiger charge is 2.11. The lowest BCUT2D eigenvalue weighted by molar-refractivity contribution is 0.472. The van der Waals surface area contributed by atoms with Crippen LogP contribution < -0.4 is 10.5 Å². The Morgan fingerprint density at radius 3 is 2.63 bits per heavy atom. The van der Waals surface area contributed by atoms with E-state index in [0.29, 0.717) is 17.4 Å². The highest BCUT2D eigenvalue weighted by molar-refractivity contribution is 9.10. The number of hydrogen-bond donors (Lipinski definition) is 1. The molecule has 2 rings (SSSR count). The first-order valence-electron chi connectivity index (χ1n) is 6.43. The first-order chi connectivity index (χ1) is 9.11. The topological polar surface area (TPSA) is 35.2 Å². The van der Waals surface area contributed by atoms with Gasteiger partial charge in [-0.3, -0.25) is 0 Å². The van der Waals surface area contributed by atoms with Gasteiger partial charge in [0.1, 0.15) is 5.75 Å². The maximum absolute atomic E-state index is 5.99. The number of rotatable bonds is 4. The second-order valence-electron chi connectivity index (χ2n) is 4.63. The first-order valence-corrected chi connectivity index (χ1v) is 7.23. The Bertz CT molecular complexity index is 568. The molecule has 3 heteroatoms. The van der Waals surface area contributed by atoms with E-state index >= 15 is 0 Å². The van der Waals surface area contributed by atoms with Crippen molar-refractivity contribution in [3.8, 4) is 11.5 Å². The lowest BCUT2D eigenvalue weighted by Crippen LogP contribution is -1.98. The van der Waals surface area contributed by atoms with Gasteiger partial charge in [-0.2, -0.15) is 0 Å². The predicted molar refractivity (Wildman–Crippen MR) is 83.8 cm³/mol. The molecule has 2 nitrogen and oxygen atoms in total. The molecule has 1 unspecified atom stereocenters. The van der Waals surface area contributed by atoms with Crippen molar-refractivity contribution in [2.75, 3.05) is 5.73 Å². The smallest absolute Gasteiger partial charge is 0.151 e. The van der Waals surface area contributed by atoms with Gasteiger partial charge in [-0.25, -0.2) is 0 Å². The Morgan fingerprint density at radius 1 is 1.16 bits per heavy atom. The molecule has 0 radical (unpaired) electrons. The monoisotopic (exact) mass is 319 g/mol. The lowest BCUT2D eigenvalue weighted by Gasteiger charge is -2.16. The van der Waals surface area contributed by atoms with E-state index in [9.17, 15) is 0 Å². The summed E-state index contributed by atoms with van der Waals surface area (Å²) in [5, 5.41) is 0. The molecule has 0 fully saturated rings. The molecule has 0 aromatic heterocycles. The third-order valence-electron chi connectivity index (χ3n) is 3.26. The molecule has 1 atom stereocenters. The molecule has 2 aromatic rings. The molecular formula is C16H18BrNO. The third kappa shape index (κ3) is 3.29. The van der Waals surface area contributed by atoms with Crippen molar-refractivity contribution in [1.82, 2.24) is 0 Å². The average Bonchev–Trinajstić information content (AvgIpc) is 2.42. The Balaban J connectivity index is 2.35. The summed E-state index contributed by atoms with van der Waals surface area (Å²) in [4.78, 5) is 0. The maximum atomic E-state index is 5.99. The van der Waals surface area contributed by atoms with Gasteiger partial charge < -0.3 is 10.5 Å². The molecule has 0 spiro atoms. The van der Waals surface area contributed by atoms with Crippen LogP contribution in [-0.2, 0) is 0 Å². The second kappa shape index (κ2) is 6.11. The number of ether oxygens (including phenoxy) is 1. The molecule has 0 saturated heterocycles. The fourth-order valence-corrected chi connectivity index (χ4v) is 2.26. The zero-order valence-electron chi connectivity index (χ0n) is 11.2. The summed E-state index contributed by atoms with van der Waals surface area (Å²) in [6.45, 7) is 4.38. The molecule has 2 N–H and O–H groups in total. The van der Waals surface area contributed by atoms with Crippen LogP contribution >= 0.6 is 15.9 Å². The Hall–Kier alpha value is -1.48. The van der Waals surface area contributed by atoms with Gasteiger partial charge in [-0.15, -0.1) is 0 Å². The highest BCUT2D eigenvalue weighted by atomic mass is 79.9. The molecule has 100 valence electrons. The van der Waals surface area contributed by atoms with E-state index in [-0.39, 0.29) is 0 Å². The van der Waals surface area contributed by atoms with Gasteiger partial charge in [-0.05, 0) is 42.2 Å². The lowest BCUT2D eigenvalue weighted by atomic mass is 9.98. The second-order valence-corrected chi connectivity index (χ2v) is 5.55. The van der Waals surface area contributed by atoms with Crippen molar-refractivity contribution in [1.29, 1.82) is 0 Å². The number of para-hydroxylation sites is 1. The SMILES string of the molecule is CCC(C)c1ccccc1Oc1cc(Br)ccc1N. The van der Waals surface area contributed by atoms with Gasteiger partial charge in [0.05, 0.1) is 5.69 Å². The zero-order chi connectivity index (χ0) is 13.8. The number of hydrogen-bond acceptors (Lipinski definition) is 2. The Kier molecular flexibility index (Phi) is 4.48. The number of halogens is 1. The summed E-state index contributed by atoms with van der Waals surface area (Å²) in [5.74, 6) is 2.02. The molecule has 0 saturated carbocycles. The number of benzene rings is 2. The van der Waals surface area contributed by atoms with Crippen molar-refractivity contribution in [2.45, 2.75) is 26.2 Å². The first kappa shape index (κ1) is 13.9. The Labute approximate surface area is 122 Å². The van der Waals surface area contributed by atoms with Gasteiger partial charge in [-0.1, -0.05) is 48.0 Å². The van der Waals surface area contributed by atoms with Crippen LogP contribution in [0.1, 0.15) is 31.7 Å². The van der Waals surface area contributed by atoms with E-state index < -0.39 is 0 Å². The molecule has 0 aliphatic heterocycles. The third-order valence-corrected chi connectivity index (χ3v) is 3.75. The fraction of sp³-hybridized carbons (Fsp3) is 0.250. The van der Waals surface area contributed by atoms with Crippen LogP contribution in [0.4, 0.5) is 5.69 Å².